The normalized spacial score (nSPS) is 14.1. The molecule has 3 aromatic carbocycles. The lowest BCUT2D eigenvalue weighted by molar-refractivity contribution is -0.148. The molecule has 0 saturated carbocycles. The van der Waals surface area contributed by atoms with E-state index in [0.29, 0.717) is 0 Å². The Balaban J connectivity index is 1.42. The number of carboxylic acid groups (broad SMARTS) is 1. The second kappa shape index (κ2) is 9.88. The number of fused-ring (bicyclic) bond motifs is 3. The van der Waals surface area contributed by atoms with E-state index in [2.05, 4.69) is 12.1 Å². The van der Waals surface area contributed by atoms with E-state index < -0.39 is 24.2 Å². The number of likely N-dealkylation sites (N-methyl/N-ethyl adjacent to an activating group) is 1. The molecule has 6 heteroatoms. The zero-order chi connectivity index (χ0) is 23.4. The molecule has 1 amide bonds. The summed E-state index contributed by atoms with van der Waals surface area (Å²) in [6.45, 7) is 2.03. The van der Waals surface area contributed by atoms with Crippen LogP contribution in [0.2, 0.25) is 0 Å². The second-order valence-electron chi connectivity index (χ2n) is 8.20. The molecule has 2 atom stereocenters. The fourth-order valence-electron chi connectivity index (χ4n) is 4.38. The third-order valence-electron chi connectivity index (χ3n) is 6.09. The lowest BCUT2D eigenvalue weighted by Gasteiger charge is -2.29. The number of amides is 1. The van der Waals surface area contributed by atoms with Gasteiger partial charge in [0.2, 0.25) is 0 Å². The number of carboxylic acids is 1. The van der Waals surface area contributed by atoms with Crippen molar-refractivity contribution in [2.75, 3.05) is 13.7 Å². The van der Waals surface area contributed by atoms with Crippen LogP contribution in [0.4, 0.5) is 4.79 Å². The van der Waals surface area contributed by atoms with Gasteiger partial charge in [0.15, 0.2) is 6.04 Å². The minimum absolute atomic E-state index is 0.0928. The minimum Gasteiger partial charge on any atom is -0.480 e. The summed E-state index contributed by atoms with van der Waals surface area (Å²) in [6.07, 6.45) is -1.42. The fourth-order valence-corrected chi connectivity index (χ4v) is 4.38. The van der Waals surface area contributed by atoms with Crippen LogP contribution in [-0.4, -0.2) is 47.9 Å². The molecule has 1 aliphatic carbocycles. The van der Waals surface area contributed by atoms with Crippen LogP contribution >= 0.6 is 0 Å². The molecular weight excluding hydrogens is 418 g/mol. The maximum absolute atomic E-state index is 12.8. The Bertz CT molecular complexity index is 1080. The summed E-state index contributed by atoms with van der Waals surface area (Å²) in [6, 6.07) is 24.4. The Morgan fingerprint density at radius 3 is 2.03 bits per heavy atom. The highest BCUT2D eigenvalue weighted by atomic mass is 16.6. The van der Waals surface area contributed by atoms with Crippen LogP contribution in [-0.2, 0) is 20.9 Å². The Kier molecular flexibility index (Phi) is 6.75. The van der Waals surface area contributed by atoms with Crippen molar-refractivity contribution in [1.82, 2.24) is 4.90 Å². The van der Waals surface area contributed by atoms with Crippen molar-refractivity contribution >= 4 is 12.1 Å². The molecule has 3 aromatic rings. The molecule has 4 rings (SSSR count). The van der Waals surface area contributed by atoms with Crippen LogP contribution < -0.4 is 0 Å². The highest BCUT2D eigenvalue weighted by molar-refractivity contribution is 5.81. The van der Waals surface area contributed by atoms with Gasteiger partial charge in [-0.3, -0.25) is 4.90 Å². The zero-order valence-electron chi connectivity index (χ0n) is 18.7. The number of aliphatic carboxylic acids is 1. The summed E-state index contributed by atoms with van der Waals surface area (Å²) in [7, 11) is 1.43. The molecular formula is C27H27NO5. The topological polar surface area (TPSA) is 76.1 Å². The number of rotatable bonds is 8. The molecule has 0 aliphatic heterocycles. The van der Waals surface area contributed by atoms with Gasteiger partial charge in [-0.15, -0.1) is 0 Å². The highest BCUT2D eigenvalue weighted by Crippen LogP contribution is 2.44. The third-order valence-corrected chi connectivity index (χ3v) is 6.09. The van der Waals surface area contributed by atoms with Gasteiger partial charge in [-0.1, -0.05) is 78.9 Å². The van der Waals surface area contributed by atoms with E-state index in [0.717, 1.165) is 32.7 Å². The van der Waals surface area contributed by atoms with Gasteiger partial charge in [-0.2, -0.15) is 0 Å². The molecule has 0 saturated heterocycles. The molecule has 0 fully saturated rings. The monoisotopic (exact) mass is 445 g/mol. The van der Waals surface area contributed by atoms with Crippen molar-refractivity contribution < 1.29 is 24.2 Å². The van der Waals surface area contributed by atoms with Crippen molar-refractivity contribution in [3.05, 3.63) is 95.6 Å². The number of benzene rings is 3. The van der Waals surface area contributed by atoms with Gasteiger partial charge in [0.05, 0.1) is 12.7 Å². The quantitative estimate of drug-likeness (QED) is 0.532. The Morgan fingerprint density at radius 1 is 0.909 bits per heavy atom. The summed E-state index contributed by atoms with van der Waals surface area (Å²) in [4.78, 5) is 25.9. The second-order valence-corrected chi connectivity index (χ2v) is 8.20. The molecule has 0 bridgehead atoms. The number of ether oxygens (including phenoxy) is 2. The Labute approximate surface area is 193 Å². The Hall–Kier alpha value is -3.64. The van der Waals surface area contributed by atoms with Gasteiger partial charge in [0.25, 0.3) is 0 Å². The lowest BCUT2D eigenvalue weighted by atomic mass is 9.98. The van der Waals surface area contributed by atoms with Crippen LogP contribution in [0, 0.1) is 0 Å². The van der Waals surface area contributed by atoms with E-state index >= 15 is 0 Å². The molecule has 0 radical (unpaired) electrons. The standard InChI is InChI=1S/C27H27NO5/c1-18(32-16-19-10-4-3-5-11-19)25(26(29)30)28(2)27(31)33-17-24-22-14-8-6-12-20(22)21-13-7-9-15-23(21)24/h3-15,18,24-25H,16-17H2,1-2H3,(H,29,30)/t18?,25-/m0/s1. The van der Waals surface area contributed by atoms with Crippen molar-refractivity contribution in [3.63, 3.8) is 0 Å². The number of carbonyl (C=O) groups excluding carboxylic acids is 1. The number of hydrogen-bond acceptors (Lipinski definition) is 4. The van der Waals surface area contributed by atoms with Crippen molar-refractivity contribution in [1.29, 1.82) is 0 Å². The maximum atomic E-state index is 12.8. The van der Waals surface area contributed by atoms with E-state index in [-0.39, 0.29) is 19.1 Å². The van der Waals surface area contributed by atoms with E-state index in [9.17, 15) is 14.7 Å². The summed E-state index contributed by atoms with van der Waals surface area (Å²) < 4.78 is 11.4. The smallest absolute Gasteiger partial charge is 0.410 e. The van der Waals surface area contributed by atoms with Gasteiger partial charge < -0.3 is 14.6 Å². The van der Waals surface area contributed by atoms with Gasteiger partial charge in [0.1, 0.15) is 6.61 Å². The van der Waals surface area contributed by atoms with E-state index in [1.165, 1.54) is 7.05 Å². The van der Waals surface area contributed by atoms with E-state index in [1.807, 2.05) is 66.7 Å². The molecule has 33 heavy (non-hydrogen) atoms. The number of carbonyl (C=O) groups is 2. The molecule has 1 unspecified atom stereocenters. The molecule has 0 spiro atoms. The first-order valence-electron chi connectivity index (χ1n) is 10.9. The summed E-state index contributed by atoms with van der Waals surface area (Å²) in [5.41, 5.74) is 5.40. The van der Waals surface area contributed by atoms with Crippen molar-refractivity contribution in [2.45, 2.75) is 31.6 Å². The maximum Gasteiger partial charge on any atom is 0.410 e. The molecule has 6 nitrogen and oxygen atoms in total. The van der Waals surface area contributed by atoms with Gasteiger partial charge in [-0.25, -0.2) is 9.59 Å². The summed E-state index contributed by atoms with van der Waals surface area (Å²) in [5.74, 6) is -1.24. The fraction of sp³-hybridized carbons (Fsp3) is 0.259. The summed E-state index contributed by atoms with van der Waals surface area (Å²) >= 11 is 0. The van der Waals surface area contributed by atoms with Gasteiger partial charge in [-0.05, 0) is 34.7 Å². The minimum atomic E-state index is -1.18. The lowest BCUT2D eigenvalue weighted by Crippen LogP contribution is -2.49. The van der Waals surface area contributed by atoms with Crippen LogP contribution in [0.5, 0.6) is 0 Å². The predicted molar refractivity (Wildman–Crippen MR) is 125 cm³/mol. The van der Waals surface area contributed by atoms with E-state index in [4.69, 9.17) is 9.47 Å². The third kappa shape index (κ3) is 4.76. The van der Waals surface area contributed by atoms with Crippen LogP contribution in [0.3, 0.4) is 0 Å². The van der Waals surface area contributed by atoms with Crippen molar-refractivity contribution in [3.8, 4) is 11.1 Å². The first-order chi connectivity index (χ1) is 16.0. The zero-order valence-corrected chi connectivity index (χ0v) is 18.7. The molecule has 0 heterocycles. The van der Waals surface area contributed by atoms with Crippen LogP contribution in [0.1, 0.15) is 29.5 Å². The molecule has 1 aliphatic rings. The average Bonchev–Trinajstić information content (AvgIpc) is 3.15. The average molecular weight is 446 g/mol. The van der Waals surface area contributed by atoms with E-state index in [1.54, 1.807) is 6.92 Å². The number of hydrogen-bond donors (Lipinski definition) is 1. The highest BCUT2D eigenvalue weighted by Gasteiger charge is 2.35. The number of nitrogens with zero attached hydrogens (tertiary/aromatic N) is 1. The molecule has 170 valence electrons. The predicted octanol–water partition coefficient (Wildman–Crippen LogP) is 4.93. The van der Waals surface area contributed by atoms with Crippen LogP contribution in [0.15, 0.2) is 78.9 Å². The van der Waals surface area contributed by atoms with Gasteiger partial charge in [0, 0.05) is 13.0 Å². The SMILES string of the molecule is CC(OCc1ccccc1)[C@@H](C(=O)O)N(C)C(=O)OCC1c2ccccc2-c2ccccc21. The molecule has 0 aromatic heterocycles. The first kappa shape index (κ1) is 22.6. The van der Waals surface area contributed by atoms with Gasteiger partial charge >= 0.3 is 12.1 Å². The van der Waals surface area contributed by atoms with Crippen LogP contribution in [0.25, 0.3) is 11.1 Å². The first-order valence-corrected chi connectivity index (χ1v) is 10.9. The van der Waals surface area contributed by atoms with Crippen molar-refractivity contribution in [2.24, 2.45) is 0 Å². The largest absolute Gasteiger partial charge is 0.480 e. The summed E-state index contributed by atoms with van der Waals surface area (Å²) in [5, 5.41) is 9.77. The molecule has 1 N–H and O–H groups in total. The Morgan fingerprint density at radius 2 is 1.45 bits per heavy atom.